The van der Waals surface area contributed by atoms with Crippen LogP contribution >= 0.6 is 11.3 Å². The number of urea groups is 1. The van der Waals surface area contributed by atoms with Gasteiger partial charge in [0, 0.05) is 5.39 Å². The molecule has 1 unspecified atom stereocenters. The average Bonchev–Trinajstić information content (AvgIpc) is 3.33. The van der Waals surface area contributed by atoms with Crippen molar-refractivity contribution in [2.75, 3.05) is 11.9 Å². The van der Waals surface area contributed by atoms with E-state index < -0.39 is 23.4 Å². The smallest absolute Gasteiger partial charge is 0.319 e. The molecule has 160 valence electrons. The van der Waals surface area contributed by atoms with Gasteiger partial charge in [-0.3, -0.25) is 14.5 Å². The molecule has 1 aromatic heterocycles. The molecule has 0 spiro atoms. The summed E-state index contributed by atoms with van der Waals surface area (Å²) in [7, 11) is 0. The van der Waals surface area contributed by atoms with Crippen molar-refractivity contribution < 1.29 is 14.4 Å². The summed E-state index contributed by atoms with van der Waals surface area (Å²) in [4.78, 5) is 44.1. The van der Waals surface area contributed by atoms with Crippen molar-refractivity contribution in [3.63, 3.8) is 0 Å². The lowest BCUT2D eigenvalue weighted by atomic mass is 9.87. The number of carbonyl (C=O) groups excluding carboxylic acids is 3. The lowest BCUT2D eigenvalue weighted by Crippen LogP contribution is -2.44. The first kappa shape index (κ1) is 20.1. The van der Waals surface area contributed by atoms with Crippen LogP contribution in [-0.2, 0) is 15.1 Å². The van der Waals surface area contributed by atoms with Gasteiger partial charge in [-0.15, -0.1) is 0 Å². The standard InChI is InChI=1S/C24H20N4O3S/c1-2-24(16-9-4-3-5-10-16)21(30)28(23(31)27-24)14-19(29)25-22-26-20-17-11-7-6-8-15(17)12-13-18(20)32-22/h3-13H,2,14H2,1H3,(H,27,31)(H,25,26,29). The fraction of sp³-hybridized carbons (Fsp3) is 0.167. The van der Waals surface area contributed by atoms with Gasteiger partial charge in [0.05, 0.1) is 10.2 Å². The number of amides is 4. The zero-order valence-electron chi connectivity index (χ0n) is 17.3. The van der Waals surface area contributed by atoms with E-state index in [1.807, 2.05) is 61.5 Å². The normalized spacial score (nSPS) is 18.3. The van der Waals surface area contributed by atoms with Crippen LogP contribution in [0.3, 0.4) is 0 Å². The molecule has 2 heterocycles. The minimum atomic E-state index is -1.16. The number of nitrogens with zero attached hydrogens (tertiary/aromatic N) is 2. The second-order valence-electron chi connectivity index (χ2n) is 7.65. The lowest BCUT2D eigenvalue weighted by Gasteiger charge is -2.25. The Bertz CT molecular complexity index is 1370. The third-order valence-corrected chi connectivity index (χ3v) is 6.74. The van der Waals surface area contributed by atoms with Gasteiger partial charge in [-0.25, -0.2) is 9.78 Å². The van der Waals surface area contributed by atoms with Gasteiger partial charge in [-0.1, -0.05) is 78.9 Å². The first-order valence-corrected chi connectivity index (χ1v) is 11.1. The Labute approximate surface area is 188 Å². The van der Waals surface area contributed by atoms with Gasteiger partial charge in [-0.05, 0) is 23.4 Å². The Balaban J connectivity index is 1.37. The molecule has 8 heteroatoms. The summed E-state index contributed by atoms with van der Waals surface area (Å²) in [6.45, 7) is 1.45. The van der Waals surface area contributed by atoms with Gasteiger partial charge in [0.1, 0.15) is 12.1 Å². The molecule has 0 aliphatic carbocycles. The van der Waals surface area contributed by atoms with Crippen LogP contribution in [0.15, 0.2) is 66.7 Å². The molecule has 4 aromatic rings. The van der Waals surface area contributed by atoms with Gasteiger partial charge in [0.25, 0.3) is 5.91 Å². The summed E-state index contributed by atoms with van der Waals surface area (Å²) >= 11 is 1.35. The molecule has 1 fully saturated rings. The molecule has 1 atom stereocenters. The highest BCUT2D eigenvalue weighted by Gasteiger charge is 2.51. The third-order valence-electron chi connectivity index (χ3n) is 5.80. The molecule has 1 saturated heterocycles. The van der Waals surface area contributed by atoms with Crippen LogP contribution in [0.4, 0.5) is 9.93 Å². The zero-order valence-corrected chi connectivity index (χ0v) is 18.1. The summed E-state index contributed by atoms with van der Waals surface area (Å²) < 4.78 is 0.947. The van der Waals surface area contributed by atoms with Crippen LogP contribution in [0.5, 0.6) is 0 Å². The predicted octanol–water partition coefficient (Wildman–Crippen LogP) is 4.25. The van der Waals surface area contributed by atoms with Crippen molar-refractivity contribution in [2.24, 2.45) is 0 Å². The molecular formula is C24H20N4O3S. The van der Waals surface area contributed by atoms with E-state index in [9.17, 15) is 14.4 Å². The summed E-state index contributed by atoms with van der Waals surface area (Å²) in [5.74, 6) is -0.904. The van der Waals surface area contributed by atoms with E-state index in [-0.39, 0.29) is 6.54 Å². The number of hydrogen-bond donors (Lipinski definition) is 2. The van der Waals surface area contributed by atoms with Crippen LogP contribution in [0.1, 0.15) is 18.9 Å². The number of hydrogen-bond acceptors (Lipinski definition) is 5. The minimum Gasteiger partial charge on any atom is -0.319 e. The van der Waals surface area contributed by atoms with E-state index in [0.717, 1.165) is 25.9 Å². The molecule has 1 aliphatic heterocycles. The van der Waals surface area contributed by atoms with Crippen molar-refractivity contribution >= 4 is 55.3 Å². The topological polar surface area (TPSA) is 91.4 Å². The number of fused-ring (bicyclic) bond motifs is 3. The summed E-state index contributed by atoms with van der Waals surface area (Å²) in [5, 5.41) is 8.04. The number of imide groups is 1. The van der Waals surface area contributed by atoms with Crippen LogP contribution in [0.25, 0.3) is 21.0 Å². The number of rotatable bonds is 5. The molecule has 0 radical (unpaired) electrons. The third kappa shape index (κ3) is 3.20. The van der Waals surface area contributed by atoms with Crippen LogP contribution in [-0.4, -0.2) is 34.3 Å². The lowest BCUT2D eigenvalue weighted by molar-refractivity contribution is -0.134. The van der Waals surface area contributed by atoms with Crippen molar-refractivity contribution in [1.82, 2.24) is 15.2 Å². The highest BCUT2D eigenvalue weighted by Crippen LogP contribution is 2.33. The zero-order chi connectivity index (χ0) is 22.3. The van der Waals surface area contributed by atoms with Crippen LogP contribution < -0.4 is 10.6 Å². The Morgan fingerprint density at radius 1 is 1.06 bits per heavy atom. The first-order chi connectivity index (χ1) is 15.5. The predicted molar refractivity (Wildman–Crippen MR) is 124 cm³/mol. The fourth-order valence-corrected chi connectivity index (χ4v) is 5.05. The summed E-state index contributed by atoms with van der Waals surface area (Å²) in [5.41, 5.74) is 0.349. The van der Waals surface area contributed by atoms with Gasteiger partial charge < -0.3 is 10.6 Å². The number of anilines is 1. The molecule has 32 heavy (non-hydrogen) atoms. The van der Waals surface area contributed by atoms with Gasteiger partial charge in [-0.2, -0.15) is 0 Å². The van der Waals surface area contributed by atoms with E-state index in [0.29, 0.717) is 17.1 Å². The maximum atomic E-state index is 13.2. The SMILES string of the molecule is CCC1(c2ccccc2)NC(=O)N(CC(=O)Nc2nc3c(ccc4ccccc43)s2)C1=O. The highest BCUT2D eigenvalue weighted by molar-refractivity contribution is 7.22. The van der Waals surface area contributed by atoms with Crippen LogP contribution in [0, 0.1) is 0 Å². The Morgan fingerprint density at radius 3 is 2.59 bits per heavy atom. The number of carbonyl (C=O) groups is 3. The molecule has 7 nitrogen and oxygen atoms in total. The molecule has 4 amide bonds. The molecule has 3 aromatic carbocycles. The second kappa shape index (κ2) is 7.72. The molecule has 1 aliphatic rings. The van der Waals surface area contributed by atoms with Gasteiger partial charge in [0.2, 0.25) is 5.91 Å². The quantitative estimate of drug-likeness (QED) is 0.450. The molecule has 0 saturated carbocycles. The van der Waals surface area contributed by atoms with Crippen molar-refractivity contribution in [2.45, 2.75) is 18.9 Å². The van der Waals surface area contributed by atoms with E-state index in [4.69, 9.17) is 0 Å². The average molecular weight is 445 g/mol. The van der Waals surface area contributed by atoms with Crippen molar-refractivity contribution in [3.8, 4) is 0 Å². The van der Waals surface area contributed by atoms with E-state index in [1.54, 1.807) is 12.1 Å². The number of thiazole rings is 1. The number of aromatic nitrogens is 1. The van der Waals surface area contributed by atoms with Crippen molar-refractivity contribution in [1.29, 1.82) is 0 Å². The highest BCUT2D eigenvalue weighted by atomic mass is 32.1. The van der Waals surface area contributed by atoms with Crippen LogP contribution in [0.2, 0.25) is 0 Å². The number of benzene rings is 3. The maximum Gasteiger partial charge on any atom is 0.325 e. The molecule has 0 bridgehead atoms. The largest absolute Gasteiger partial charge is 0.325 e. The van der Waals surface area contributed by atoms with Gasteiger partial charge in [0.15, 0.2) is 5.13 Å². The Morgan fingerprint density at radius 2 is 1.81 bits per heavy atom. The molecule has 5 rings (SSSR count). The van der Waals surface area contributed by atoms with E-state index in [1.165, 1.54) is 11.3 Å². The Kier molecular flexibility index (Phi) is 4.86. The minimum absolute atomic E-state index is 0.379. The van der Waals surface area contributed by atoms with E-state index in [2.05, 4.69) is 15.6 Å². The summed E-state index contributed by atoms with van der Waals surface area (Å²) in [6.07, 6.45) is 0.380. The van der Waals surface area contributed by atoms with E-state index >= 15 is 0 Å². The first-order valence-electron chi connectivity index (χ1n) is 10.3. The second-order valence-corrected chi connectivity index (χ2v) is 8.68. The van der Waals surface area contributed by atoms with Gasteiger partial charge >= 0.3 is 6.03 Å². The Hall–Kier alpha value is -3.78. The fourth-order valence-electron chi connectivity index (χ4n) is 4.15. The monoisotopic (exact) mass is 444 g/mol. The maximum absolute atomic E-state index is 13.2. The molecular weight excluding hydrogens is 424 g/mol. The number of nitrogens with one attached hydrogen (secondary N) is 2. The molecule has 2 N–H and O–H groups in total. The summed E-state index contributed by atoms with van der Waals surface area (Å²) in [6, 6.07) is 20.4. The van der Waals surface area contributed by atoms with Crippen molar-refractivity contribution in [3.05, 3.63) is 72.3 Å².